The van der Waals surface area contributed by atoms with Crippen molar-refractivity contribution in [2.45, 2.75) is 44.3 Å². The summed E-state index contributed by atoms with van der Waals surface area (Å²) in [7, 11) is 0. The largest absolute Gasteiger partial charge is 0.416 e. The van der Waals surface area contributed by atoms with Crippen molar-refractivity contribution in [1.29, 1.82) is 0 Å². The number of nitrogens with one attached hydrogen (secondary N) is 1. The third-order valence-electron chi connectivity index (χ3n) is 4.49. The topological polar surface area (TPSA) is 29.1 Å². The molecule has 3 rings (SSSR count). The van der Waals surface area contributed by atoms with E-state index < -0.39 is 11.7 Å². The number of carbonyl (C=O) groups is 1. The van der Waals surface area contributed by atoms with Gasteiger partial charge in [-0.2, -0.15) is 13.2 Å². The van der Waals surface area contributed by atoms with Crippen molar-refractivity contribution in [3.05, 3.63) is 35.4 Å². The third kappa shape index (κ3) is 3.22. The minimum atomic E-state index is -4.31. The maximum absolute atomic E-state index is 12.5. The monoisotopic (exact) mass is 297 g/mol. The lowest BCUT2D eigenvalue weighted by Gasteiger charge is -2.12. The summed E-state index contributed by atoms with van der Waals surface area (Å²) in [4.78, 5) is 12.1. The fraction of sp³-hybridized carbons (Fsp3) is 0.562. The minimum absolute atomic E-state index is 0.0410. The number of hydrogen-bond acceptors (Lipinski definition) is 1. The second-order valence-electron chi connectivity index (χ2n) is 6.20. The summed E-state index contributed by atoms with van der Waals surface area (Å²) >= 11 is 0. The lowest BCUT2D eigenvalue weighted by molar-refractivity contribution is -0.137. The molecule has 2 fully saturated rings. The van der Waals surface area contributed by atoms with E-state index >= 15 is 0 Å². The van der Waals surface area contributed by atoms with Gasteiger partial charge in [-0.05, 0) is 55.7 Å². The van der Waals surface area contributed by atoms with E-state index in [0.29, 0.717) is 5.92 Å². The van der Waals surface area contributed by atoms with Crippen molar-refractivity contribution in [1.82, 2.24) is 5.32 Å². The van der Waals surface area contributed by atoms with E-state index in [-0.39, 0.29) is 23.8 Å². The summed E-state index contributed by atoms with van der Waals surface area (Å²) in [6.07, 6.45) is -1.23. The smallest absolute Gasteiger partial charge is 0.353 e. The molecule has 2 aliphatic carbocycles. The Balaban J connectivity index is 1.58. The van der Waals surface area contributed by atoms with Crippen molar-refractivity contribution in [3.8, 4) is 0 Å². The Kier molecular flexibility index (Phi) is 3.46. The van der Waals surface area contributed by atoms with Gasteiger partial charge >= 0.3 is 6.18 Å². The first-order valence-electron chi connectivity index (χ1n) is 7.34. The van der Waals surface area contributed by atoms with Crippen LogP contribution in [-0.2, 0) is 11.0 Å². The van der Waals surface area contributed by atoms with Gasteiger partial charge in [-0.15, -0.1) is 0 Å². The van der Waals surface area contributed by atoms with E-state index in [0.717, 1.165) is 24.1 Å². The number of amides is 1. The molecule has 0 saturated heterocycles. The molecule has 0 radical (unpaired) electrons. The molecule has 0 aliphatic heterocycles. The molecule has 0 bridgehead atoms. The zero-order valence-electron chi connectivity index (χ0n) is 11.8. The molecule has 1 amide bonds. The average molecular weight is 297 g/mol. The van der Waals surface area contributed by atoms with Crippen LogP contribution in [0, 0.1) is 11.8 Å². The highest BCUT2D eigenvalue weighted by atomic mass is 19.4. The predicted molar refractivity (Wildman–Crippen MR) is 72.6 cm³/mol. The molecule has 1 aromatic carbocycles. The Bertz CT molecular complexity index is 533. The highest BCUT2D eigenvalue weighted by Gasteiger charge is 2.45. The van der Waals surface area contributed by atoms with Gasteiger partial charge < -0.3 is 5.32 Å². The molecular formula is C16H18F3NO. The van der Waals surface area contributed by atoms with Crippen molar-refractivity contribution >= 4 is 5.91 Å². The molecule has 2 saturated carbocycles. The summed E-state index contributed by atoms with van der Waals surface area (Å²) in [5.41, 5.74) is 0.178. The van der Waals surface area contributed by atoms with Gasteiger partial charge in [0.15, 0.2) is 0 Å². The molecule has 1 N–H and O–H groups in total. The molecule has 2 aliphatic rings. The summed E-state index contributed by atoms with van der Waals surface area (Å²) in [6, 6.07) is 5.38. The predicted octanol–water partition coefficient (Wildman–Crippen LogP) is 3.72. The standard InChI is InChI=1S/C16H18F3NO/c1-9(10-2-3-10)20-15(21)14-8-13(14)11-4-6-12(7-5-11)16(17,18)19/h4-7,9-10,13-14H,2-3,8H2,1H3,(H,20,21). The van der Waals surface area contributed by atoms with Crippen molar-refractivity contribution < 1.29 is 18.0 Å². The Morgan fingerprint density at radius 3 is 2.38 bits per heavy atom. The molecule has 3 atom stereocenters. The quantitative estimate of drug-likeness (QED) is 0.901. The zero-order valence-corrected chi connectivity index (χ0v) is 11.8. The van der Waals surface area contributed by atoms with E-state index in [1.54, 1.807) is 0 Å². The van der Waals surface area contributed by atoms with Gasteiger partial charge in [0.2, 0.25) is 5.91 Å². The highest BCUT2D eigenvalue weighted by Crippen LogP contribution is 2.48. The van der Waals surface area contributed by atoms with Gasteiger partial charge in [0.25, 0.3) is 0 Å². The van der Waals surface area contributed by atoms with E-state index in [9.17, 15) is 18.0 Å². The first-order chi connectivity index (χ1) is 9.86. The second-order valence-corrected chi connectivity index (χ2v) is 6.20. The minimum Gasteiger partial charge on any atom is -0.353 e. The van der Waals surface area contributed by atoms with Gasteiger partial charge in [-0.3, -0.25) is 4.79 Å². The third-order valence-corrected chi connectivity index (χ3v) is 4.49. The first kappa shape index (κ1) is 14.4. The van der Waals surface area contributed by atoms with Crippen LogP contribution in [0.2, 0.25) is 0 Å². The molecule has 0 aromatic heterocycles. The average Bonchev–Trinajstić information content (AvgIpc) is 3.28. The number of halogens is 3. The molecule has 2 nitrogen and oxygen atoms in total. The van der Waals surface area contributed by atoms with Crippen LogP contribution in [0.5, 0.6) is 0 Å². The number of rotatable bonds is 4. The summed E-state index contributed by atoms with van der Waals surface area (Å²) < 4.78 is 37.5. The number of hydrogen-bond donors (Lipinski definition) is 1. The van der Waals surface area contributed by atoms with Crippen molar-refractivity contribution in [3.63, 3.8) is 0 Å². The Hall–Kier alpha value is -1.52. The molecule has 114 valence electrons. The van der Waals surface area contributed by atoms with Crippen LogP contribution in [0.4, 0.5) is 13.2 Å². The Morgan fingerprint density at radius 2 is 1.86 bits per heavy atom. The van der Waals surface area contributed by atoms with Gasteiger partial charge in [-0.25, -0.2) is 0 Å². The fourth-order valence-electron chi connectivity index (χ4n) is 2.82. The van der Waals surface area contributed by atoms with Crippen LogP contribution < -0.4 is 5.32 Å². The second kappa shape index (κ2) is 5.04. The van der Waals surface area contributed by atoms with Gasteiger partial charge in [0, 0.05) is 12.0 Å². The van der Waals surface area contributed by atoms with Crippen LogP contribution in [0.15, 0.2) is 24.3 Å². The zero-order chi connectivity index (χ0) is 15.2. The molecule has 0 spiro atoms. The van der Waals surface area contributed by atoms with Crippen LogP contribution in [-0.4, -0.2) is 11.9 Å². The molecule has 1 aromatic rings. The molecule has 0 heterocycles. The maximum Gasteiger partial charge on any atom is 0.416 e. The summed E-state index contributed by atoms with van der Waals surface area (Å²) in [5.74, 6) is 0.637. The maximum atomic E-state index is 12.5. The van der Waals surface area contributed by atoms with Gasteiger partial charge in [0.1, 0.15) is 0 Å². The van der Waals surface area contributed by atoms with Crippen LogP contribution in [0.25, 0.3) is 0 Å². The fourth-order valence-corrected chi connectivity index (χ4v) is 2.82. The normalized spacial score (nSPS) is 26.3. The SMILES string of the molecule is CC(NC(=O)C1CC1c1ccc(C(F)(F)F)cc1)C1CC1. The van der Waals surface area contributed by atoms with E-state index in [2.05, 4.69) is 5.32 Å². The molecule has 5 heteroatoms. The van der Waals surface area contributed by atoms with Crippen molar-refractivity contribution in [2.24, 2.45) is 11.8 Å². The molecular weight excluding hydrogens is 279 g/mol. The first-order valence-corrected chi connectivity index (χ1v) is 7.34. The van der Waals surface area contributed by atoms with Crippen LogP contribution in [0.1, 0.15) is 43.2 Å². The summed E-state index contributed by atoms with van der Waals surface area (Å²) in [5, 5.41) is 3.02. The van der Waals surface area contributed by atoms with Crippen molar-refractivity contribution in [2.75, 3.05) is 0 Å². The van der Waals surface area contributed by atoms with Crippen LogP contribution in [0.3, 0.4) is 0 Å². The molecule has 21 heavy (non-hydrogen) atoms. The van der Waals surface area contributed by atoms with Gasteiger partial charge in [0.05, 0.1) is 5.56 Å². The Morgan fingerprint density at radius 1 is 1.24 bits per heavy atom. The van der Waals surface area contributed by atoms with E-state index in [4.69, 9.17) is 0 Å². The lowest BCUT2D eigenvalue weighted by Crippen LogP contribution is -2.35. The number of benzene rings is 1. The summed E-state index contributed by atoms with van der Waals surface area (Å²) in [6.45, 7) is 2.02. The molecule has 3 unspecified atom stereocenters. The number of carbonyl (C=O) groups excluding carboxylic acids is 1. The number of alkyl halides is 3. The Labute approximate surface area is 121 Å². The van der Waals surface area contributed by atoms with Gasteiger partial charge in [-0.1, -0.05) is 12.1 Å². The van der Waals surface area contributed by atoms with Crippen LogP contribution >= 0.6 is 0 Å². The van der Waals surface area contributed by atoms with E-state index in [1.165, 1.54) is 25.0 Å². The highest BCUT2D eigenvalue weighted by molar-refractivity contribution is 5.83. The lowest BCUT2D eigenvalue weighted by atomic mass is 10.1. The van der Waals surface area contributed by atoms with E-state index in [1.807, 2.05) is 6.92 Å².